The van der Waals surface area contributed by atoms with Crippen molar-refractivity contribution in [1.82, 2.24) is 20.4 Å². The molecule has 480 valence electrons. The Bertz CT molecular complexity index is 2910. The average Bonchev–Trinajstić information content (AvgIpc) is 1.99. The van der Waals surface area contributed by atoms with Crippen molar-refractivity contribution in [2.24, 2.45) is 5.92 Å². The molecule has 2 heterocycles. The van der Waals surface area contributed by atoms with Crippen molar-refractivity contribution in [1.29, 1.82) is 0 Å². The highest BCUT2D eigenvalue weighted by Crippen LogP contribution is 2.41. The summed E-state index contributed by atoms with van der Waals surface area (Å²) in [5.74, 6) is -1.31. The van der Waals surface area contributed by atoms with E-state index in [1.807, 2.05) is 0 Å². The molecule has 0 radical (unpaired) electrons. The summed E-state index contributed by atoms with van der Waals surface area (Å²) in [7, 11) is -1.42. The second kappa shape index (κ2) is 31.0. The first-order chi connectivity index (χ1) is 40.8. The van der Waals surface area contributed by atoms with Gasteiger partial charge in [-0.2, -0.15) is 0 Å². The fourth-order valence-corrected chi connectivity index (χ4v) is 11.2. The van der Waals surface area contributed by atoms with Gasteiger partial charge in [-0.25, -0.2) is 14.4 Å². The first-order valence-corrected chi connectivity index (χ1v) is 35.4. The molecule has 0 saturated carbocycles. The number of methoxy groups -OCH3 is 2. The van der Waals surface area contributed by atoms with Crippen molar-refractivity contribution < 1.29 is 75.9 Å². The molecule has 2 fully saturated rings. The SMILES string of the molecule is C=CCOC(=O)NC(C(=O)NC(C)C(=O)Nc1ccc(COC(=O)Nc2cc(OCCCOc3cc(NC(=O)O)c(C(=O)N4CCCC4CO[Si](C)(C)C(C)(C)C)cc3OC)c(OC)cc2C(=O)N2CCCC2CO[Si](C)(C)C(C)(C)C)cc1)C(C)C. The van der Waals surface area contributed by atoms with Crippen molar-refractivity contribution >= 4 is 75.6 Å². The third kappa shape index (κ3) is 19.6. The highest BCUT2D eigenvalue weighted by atomic mass is 28.4. The molecule has 0 bridgehead atoms. The number of ether oxygens (including phenoxy) is 6. The molecule has 3 aromatic rings. The molecular formula is C62H93N7O16Si2. The third-order valence-electron chi connectivity index (χ3n) is 16.4. The van der Waals surface area contributed by atoms with E-state index < -0.39 is 58.8 Å². The molecule has 87 heavy (non-hydrogen) atoms. The Hall–Kier alpha value is -7.36. The number of carbonyl (C=O) groups excluding carboxylic acids is 6. The largest absolute Gasteiger partial charge is 0.493 e. The number of alkyl carbamates (subject to hydrolysis) is 1. The number of nitrogens with zero attached hydrogens (tertiary/aromatic N) is 2. The molecule has 5 rings (SSSR count). The molecular weight excluding hydrogens is 1150 g/mol. The quantitative estimate of drug-likeness (QED) is 0.0224. The molecule has 3 aromatic carbocycles. The lowest BCUT2D eigenvalue weighted by Crippen LogP contribution is -2.53. The highest BCUT2D eigenvalue weighted by molar-refractivity contribution is 6.74. The van der Waals surface area contributed by atoms with E-state index in [1.54, 1.807) is 47.9 Å². The Balaban J connectivity index is 1.29. The van der Waals surface area contributed by atoms with Crippen LogP contribution in [-0.4, -0.2) is 158 Å². The van der Waals surface area contributed by atoms with Crippen molar-refractivity contribution in [2.75, 3.05) is 76.3 Å². The maximum atomic E-state index is 14.7. The Labute approximate surface area is 514 Å². The van der Waals surface area contributed by atoms with Gasteiger partial charge in [-0.05, 0) is 105 Å². The second-order valence-electron chi connectivity index (χ2n) is 25.2. The van der Waals surface area contributed by atoms with Gasteiger partial charge in [0.15, 0.2) is 39.6 Å². The number of hydrogen-bond acceptors (Lipinski definition) is 15. The number of amides is 7. The lowest BCUT2D eigenvalue weighted by Gasteiger charge is -2.38. The highest BCUT2D eigenvalue weighted by Gasteiger charge is 2.42. The molecule has 2 aliphatic heterocycles. The molecule has 2 saturated heterocycles. The second-order valence-corrected chi connectivity index (χ2v) is 34.8. The van der Waals surface area contributed by atoms with Gasteiger partial charge in [0.2, 0.25) is 11.8 Å². The van der Waals surface area contributed by atoms with Crippen molar-refractivity contribution in [3.63, 3.8) is 0 Å². The minimum atomic E-state index is -2.17. The van der Waals surface area contributed by atoms with Crippen LogP contribution in [0.5, 0.6) is 23.0 Å². The van der Waals surface area contributed by atoms with Crippen LogP contribution in [0.1, 0.15) is 121 Å². The van der Waals surface area contributed by atoms with E-state index in [1.165, 1.54) is 51.5 Å². The fraction of sp³-hybridized carbons (Fsp3) is 0.565. The number of carboxylic acid groups (broad SMARTS) is 1. The molecule has 0 spiro atoms. The van der Waals surface area contributed by atoms with Gasteiger partial charge in [0.1, 0.15) is 25.3 Å². The standard InChI is InChI=1S/C62H93N7O16Si2/c1-17-29-82-60(77)67-53(39(2)3)55(71)63-40(4)54(70)64-42-25-23-41(24-26-42)36-83-59(76)66-48-35-52(50(79-12)33-46(48)57(73)69-28-19-22-44(69)38-85-87(15,16)62(8,9)10)81-31-20-30-80-51-34-47(65-58(74)75)45(32-49(51)78-11)56(72)68-27-18-21-43(68)37-84-86(13,14)61(5,6)7/h17,23-26,32-35,39-40,43-44,53,65H,1,18-22,27-31,36-38H2,2-16H3,(H,63,71)(H,64,70)(H,66,76)(H,67,77)(H,74,75). The van der Waals surface area contributed by atoms with Crippen LogP contribution >= 0.6 is 0 Å². The summed E-state index contributed by atoms with van der Waals surface area (Å²) in [6.07, 6.45) is 1.65. The summed E-state index contributed by atoms with van der Waals surface area (Å²) >= 11 is 0. The van der Waals surface area contributed by atoms with E-state index in [0.717, 1.165) is 25.7 Å². The van der Waals surface area contributed by atoms with Gasteiger partial charge < -0.3 is 68.1 Å². The normalized spacial score (nSPS) is 16.0. The van der Waals surface area contributed by atoms with Crippen LogP contribution in [0, 0.1) is 5.92 Å². The van der Waals surface area contributed by atoms with Gasteiger partial charge in [-0.15, -0.1) is 0 Å². The van der Waals surface area contributed by atoms with Gasteiger partial charge in [-0.3, -0.25) is 29.8 Å². The van der Waals surface area contributed by atoms with Crippen LogP contribution in [0.15, 0.2) is 61.2 Å². The number of hydrogen-bond donors (Lipinski definition) is 6. The summed E-state index contributed by atoms with van der Waals surface area (Å²) in [5.41, 5.74) is 1.33. The summed E-state index contributed by atoms with van der Waals surface area (Å²) in [4.78, 5) is 96.6. The van der Waals surface area contributed by atoms with Crippen LogP contribution in [-0.2, 0) is 34.5 Å². The van der Waals surface area contributed by atoms with Gasteiger partial charge >= 0.3 is 18.3 Å². The van der Waals surface area contributed by atoms with Gasteiger partial charge in [0.05, 0.1) is 75.2 Å². The van der Waals surface area contributed by atoms with Crippen molar-refractivity contribution in [3.8, 4) is 23.0 Å². The number of benzene rings is 3. The van der Waals surface area contributed by atoms with E-state index in [9.17, 15) is 38.7 Å². The summed E-state index contributed by atoms with van der Waals surface area (Å²) < 4.78 is 47.6. The van der Waals surface area contributed by atoms with Gasteiger partial charge in [-0.1, -0.05) is 80.2 Å². The number of anilines is 3. The van der Waals surface area contributed by atoms with E-state index in [4.69, 9.17) is 37.3 Å². The van der Waals surface area contributed by atoms with Crippen molar-refractivity contribution in [2.45, 2.75) is 161 Å². The number of carbonyl (C=O) groups is 7. The summed E-state index contributed by atoms with van der Waals surface area (Å²) in [5, 5.41) is 22.8. The first kappa shape index (κ1) is 70.4. The topological polar surface area (TPSA) is 280 Å². The minimum Gasteiger partial charge on any atom is -0.493 e. The fourth-order valence-electron chi connectivity index (χ4n) is 9.10. The molecule has 0 aromatic heterocycles. The summed E-state index contributed by atoms with van der Waals surface area (Å²) in [6.45, 7) is 31.7. The molecule has 23 nitrogen and oxygen atoms in total. The maximum Gasteiger partial charge on any atom is 0.411 e. The van der Waals surface area contributed by atoms with Crippen LogP contribution in [0.2, 0.25) is 36.3 Å². The predicted molar refractivity (Wildman–Crippen MR) is 337 cm³/mol. The van der Waals surface area contributed by atoms with Gasteiger partial charge in [0.25, 0.3) is 11.8 Å². The molecule has 4 unspecified atom stereocenters. The molecule has 0 aliphatic carbocycles. The molecule has 2 aliphatic rings. The predicted octanol–water partition coefficient (Wildman–Crippen LogP) is 11.0. The molecule has 6 N–H and O–H groups in total. The first-order valence-electron chi connectivity index (χ1n) is 29.6. The van der Waals surface area contributed by atoms with E-state index >= 15 is 0 Å². The number of nitrogens with one attached hydrogen (secondary N) is 5. The number of likely N-dealkylation sites (tertiary alicyclic amines) is 2. The Morgan fingerprint density at radius 3 is 1.57 bits per heavy atom. The smallest absolute Gasteiger partial charge is 0.411 e. The molecule has 4 atom stereocenters. The zero-order chi connectivity index (χ0) is 64.6. The Morgan fingerprint density at radius 1 is 0.655 bits per heavy atom. The monoisotopic (exact) mass is 1250 g/mol. The average molecular weight is 1250 g/mol. The molecule has 25 heteroatoms. The van der Waals surface area contributed by atoms with E-state index in [-0.39, 0.29) is 118 Å². The van der Waals surface area contributed by atoms with Crippen LogP contribution in [0.3, 0.4) is 0 Å². The minimum absolute atomic E-state index is 0.0181. The Morgan fingerprint density at radius 2 is 1.14 bits per heavy atom. The van der Waals surface area contributed by atoms with Crippen LogP contribution in [0.4, 0.5) is 31.4 Å². The summed E-state index contributed by atoms with van der Waals surface area (Å²) in [6, 6.07) is 10.1. The van der Waals surface area contributed by atoms with E-state index in [0.29, 0.717) is 37.6 Å². The maximum absolute atomic E-state index is 14.7. The zero-order valence-electron chi connectivity index (χ0n) is 53.4. The Kier molecular flexibility index (Phi) is 25.1. The lowest BCUT2D eigenvalue weighted by atomic mass is 10.0. The lowest BCUT2D eigenvalue weighted by molar-refractivity contribution is -0.128. The van der Waals surface area contributed by atoms with Crippen LogP contribution in [0.25, 0.3) is 0 Å². The van der Waals surface area contributed by atoms with Crippen molar-refractivity contribution in [3.05, 3.63) is 77.9 Å². The van der Waals surface area contributed by atoms with Gasteiger partial charge in [0, 0.05) is 37.3 Å². The molecule has 7 amide bonds. The van der Waals surface area contributed by atoms with Crippen LogP contribution < -0.4 is 45.5 Å². The van der Waals surface area contributed by atoms with E-state index in [2.05, 4.69) is 101 Å². The zero-order valence-corrected chi connectivity index (χ0v) is 55.4. The third-order valence-corrected chi connectivity index (χ3v) is 25.4. The number of rotatable bonds is 28.